The van der Waals surface area contributed by atoms with E-state index in [0.717, 1.165) is 0 Å². The van der Waals surface area contributed by atoms with Gasteiger partial charge in [-0.3, -0.25) is 0 Å². The molecule has 0 N–H and O–H groups in total. The molecule has 0 amide bonds. The molecule has 6 nitrogen and oxygen atoms in total. The second-order valence-corrected chi connectivity index (χ2v) is 3.91. The van der Waals surface area contributed by atoms with Crippen molar-refractivity contribution >= 4 is 24.1 Å². The van der Waals surface area contributed by atoms with E-state index >= 15 is 0 Å². The van der Waals surface area contributed by atoms with Gasteiger partial charge in [0.15, 0.2) is 0 Å². The highest BCUT2D eigenvalue weighted by Gasteiger charge is 2.45. The minimum atomic E-state index is -0.660. The van der Waals surface area contributed by atoms with Gasteiger partial charge in [0.25, 0.3) is 0 Å². The standard InChI is InChI=1S/C6H12B2O6P/c1-9-7-10-2-6(3-11-7)4-12-8(14-15)13-5-6/h15H,2-5H2,1H3/q-1. The average molecular weight is 233 g/mol. The molecule has 2 heterocycles. The Balaban J connectivity index is 1.83. The van der Waals surface area contributed by atoms with Crippen LogP contribution >= 0.6 is 9.47 Å². The Hall–Kier alpha value is 0.320. The molecular formula is C6H12B2O6P-. The Bertz CT molecular complexity index is 178. The summed E-state index contributed by atoms with van der Waals surface area (Å²) in [5.41, 5.74) is -0.254. The highest BCUT2D eigenvalue weighted by Crippen LogP contribution is 2.28. The third kappa shape index (κ3) is 2.71. The van der Waals surface area contributed by atoms with Crippen LogP contribution in [0.1, 0.15) is 0 Å². The van der Waals surface area contributed by atoms with Gasteiger partial charge < -0.3 is 37.2 Å². The van der Waals surface area contributed by atoms with Crippen molar-refractivity contribution in [2.75, 3.05) is 33.5 Å². The summed E-state index contributed by atoms with van der Waals surface area (Å²) in [7, 11) is 3.15. The minimum Gasteiger partial charge on any atom is -0.572 e. The Morgan fingerprint density at radius 2 is 1.47 bits per heavy atom. The van der Waals surface area contributed by atoms with Gasteiger partial charge in [-0.05, 0) is 0 Å². The molecule has 0 aliphatic carbocycles. The molecule has 0 aromatic carbocycles. The van der Waals surface area contributed by atoms with Crippen LogP contribution in [0.15, 0.2) is 0 Å². The monoisotopic (exact) mass is 233 g/mol. The lowest BCUT2D eigenvalue weighted by molar-refractivity contribution is -0.107. The molecule has 15 heavy (non-hydrogen) atoms. The van der Waals surface area contributed by atoms with E-state index < -0.39 is 14.6 Å². The van der Waals surface area contributed by atoms with Crippen LogP contribution in [0, 0.1) is 5.41 Å². The van der Waals surface area contributed by atoms with Crippen LogP contribution in [0.5, 0.6) is 0 Å². The first-order valence-electron chi connectivity index (χ1n) is 4.60. The largest absolute Gasteiger partial charge is 0.639 e. The number of hydrogen-bond donors (Lipinski definition) is 0. The molecule has 0 bridgehead atoms. The van der Waals surface area contributed by atoms with Crippen molar-refractivity contribution in [1.29, 1.82) is 0 Å². The molecule has 2 rings (SSSR count). The van der Waals surface area contributed by atoms with Gasteiger partial charge in [-0.25, -0.2) is 0 Å². The first-order chi connectivity index (χ1) is 7.28. The number of hydrogen-bond acceptors (Lipinski definition) is 6. The Morgan fingerprint density at radius 3 is 1.87 bits per heavy atom. The van der Waals surface area contributed by atoms with Crippen LogP contribution in [0.2, 0.25) is 0 Å². The van der Waals surface area contributed by atoms with E-state index in [0.29, 0.717) is 26.4 Å². The Morgan fingerprint density at radius 1 is 1.00 bits per heavy atom. The predicted molar refractivity (Wildman–Crippen MR) is 54.2 cm³/mol. The summed E-state index contributed by atoms with van der Waals surface area (Å²) >= 11 is 0. The van der Waals surface area contributed by atoms with E-state index in [2.05, 4.69) is 9.47 Å². The maximum atomic E-state index is 5.33. The van der Waals surface area contributed by atoms with Crippen molar-refractivity contribution in [3.8, 4) is 0 Å². The zero-order chi connectivity index (χ0) is 10.7. The van der Waals surface area contributed by atoms with Gasteiger partial charge in [0.05, 0.1) is 5.41 Å². The maximum Gasteiger partial charge on any atom is 0.639 e. The molecule has 2 aliphatic rings. The SMILES string of the molecule is COB1OCC2(CO1)COB(O[PH-])OC2. The van der Waals surface area contributed by atoms with Crippen LogP contribution in [0.3, 0.4) is 0 Å². The zero-order valence-electron chi connectivity index (χ0n) is 8.43. The molecule has 84 valence electrons. The summed E-state index contributed by atoms with van der Waals surface area (Å²) in [5.74, 6) is 0. The molecule has 1 spiro atoms. The summed E-state index contributed by atoms with van der Waals surface area (Å²) in [6.45, 7) is 1.91. The quantitative estimate of drug-likeness (QED) is 0.484. The van der Waals surface area contributed by atoms with Crippen molar-refractivity contribution in [3.63, 3.8) is 0 Å². The molecule has 0 atom stereocenters. The van der Waals surface area contributed by atoms with Gasteiger partial charge in [0.2, 0.25) is 0 Å². The second-order valence-electron chi connectivity index (χ2n) is 3.67. The smallest absolute Gasteiger partial charge is 0.572 e. The van der Waals surface area contributed by atoms with Crippen molar-refractivity contribution in [2.45, 2.75) is 0 Å². The minimum absolute atomic E-state index is 0.254. The van der Waals surface area contributed by atoms with Crippen LogP contribution in [-0.2, 0) is 27.7 Å². The first kappa shape index (κ1) is 11.8. The molecule has 0 unspecified atom stereocenters. The van der Waals surface area contributed by atoms with E-state index in [1.165, 1.54) is 7.11 Å². The normalized spacial score (nSPS) is 26.0. The van der Waals surface area contributed by atoms with Gasteiger partial charge in [-0.1, -0.05) is 0 Å². The van der Waals surface area contributed by atoms with E-state index in [-0.39, 0.29) is 5.41 Å². The molecular weight excluding hydrogens is 221 g/mol. The summed E-state index contributed by atoms with van der Waals surface area (Å²) in [4.78, 5) is 0. The van der Waals surface area contributed by atoms with E-state index in [1.807, 2.05) is 0 Å². The van der Waals surface area contributed by atoms with E-state index in [1.54, 1.807) is 0 Å². The molecule has 9 heteroatoms. The van der Waals surface area contributed by atoms with Gasteiger partial charge in [0, 0.05) is 33.5 Å². The number of rotatable bonds is 2. The maximum absolute atomic E-state index is 5.33. The van der Waals surface area contributed by atoms with Crippen LogP contribution in [-0.4, -0.2) is 48.2 Å². The lowest BCUT2D eigenvalue weighted by atomic mass is 9.87. The van der Waals surface area contributed by atoms with Crippen LogP contribution in [0.25, 0.3) is 0 Å². The first-order valence-corrected chi connectivity index (χ1v) is 5.00. The summed E-state index contributed by atoms with van der Waals surface area (Å²) < 4.78 is 30.9. The fourth-order valence-electron chi connectivity index (χ4n) is 1.53. The van der Waals surface area contributed by atoms with Crippen molar-refractivity contribution in [3.05, 3.63) is 0 Å². The molecule has 2 aliphatic heterocycles. The average Bonchev–Trinajstić information content (AvgIpc) is 2.31. The highest BCUT2D eigenvalue weighted by molar-refractivity contribution is 7.12. The summed E-state index contributed by atoms with van der Waals surface area (Å²) in [6, 6.07) is 0. The van der Waals surface area contributed by atoms with Crippen LogP contribution < -0.4 is 0 Å². The van der Waals surface area contributed by atoms with Gasteiger partial charge in [0.1, 0.15) is 0 Å². The lowest BCUT2D eigenvalue weighted by Crippen LogP contribution is -2.54. The van der Waals surface area contributed by atoms with Crippen molar-refractivity contribution < 1.29 is 27.7 Å². The van der Waals surface area contributed by atoms with Crippen molar-refractivity contribution in [2.24, 2.45) is 5.41 Å². The highest BCUT2D eigenvalue weighted by atomic mass is 31.0. The fraction of sp³-hybridized carbons (Fsp3) is 1.00. The van der Waals surface area contributed by atoms with Gasteiger partial charge in [-0.15, -0.1) is 0 Å². The second kappa shape index (κ2) is 5.10. The molecule has 2 saturated heterocycles. The van der Waals surface area contributed by atoms with Crippen LogP contribution in [0.4, 0.5) is 0 Å². The van der Waals surface area contributed by atoms with Crippen molar-refractivity contribution in [1.82, 2.24) is 0 Å². The third-order valence-electron chi connectivity index (χ3n) is 2.39. The van der Waals surface area contributed by atoms with Gasteiger partial charge >= 0.3 is 14.6 Å². The van der Waals surface area contributed by atoms with Gasteiger partial charge in [-0.2, -0.15) is 0 Å². The predicted octanol–water partition coefficient (Wildman–Crippen LogP) is -0.243. The molecule has 0 aromatic rings. The molecule has 0 saturated carbocycles. The molecule has 2 fully saturated rings. The zero-order valence-corrected chi connectivity index (χ0v) is 9.43. The molecule has 0 aromatic heterocycles. The molecule has 0 radical (unpaired) electrons. The topological polar surface area (TPSA) is 55.4 Å². The Labute approximate surface area is 91.5 Å². The fourth-order valence-corrected chi connectivity index (χ4v) is 1.67. The summed E-state index contributed by atoms with van der Waals surface area (Å²) in [5, 5.41) is 0. The third-order valence-corrected chi connectivity index (χ3v) is 2.58. The summed E-state index contributed by atoms with van der Waals surface area (Å²) in [6.07, 6.45) is 0. The van der Waals surface area contributed by atoms with E-state index in [4.69, 9.17) is 27.7 Å². The van der Waals surface area contributed by atoms with E-state index in [9.17, 15) is 0 Å². The lowest BCUT2D eigenvalue weighted by Gasteiger charge is -2.42. The Kier molecular flexibility index (Phi) is 4.01.